The first-order valence-corrected chi connectivity index (χ1v) is 6.08. The molecule has 5 nitrogen and oxygen atoms in total. The Morgan fingerprint density at radius 3 is 3.06 bits per heavy atom. The third-order valence-electron chi connectivity index (χ3n) is 3.14. The van der Waals surface area contributed by atoms with Gasteiger partial charge in [0.25, 0.3) is 0 Å². The lowest BCUT2D eigenvalue weighted by Gasteiger charge is -2.23. The molecule has 1 fully saturated rings. The lowest BCUT2D eigenvalue weighted by Crippen LogP contribution is -2.44. The van der Waals surface area contributed by atoms with Gasteiger partial charge in [-0.25, -0.2) is 9.97 Å². The van der Waals surface area contributed by atoms with Crippen LogP contribution < -0.4 is 10.6 Å². The number of carbonyl (C=O) groups is 1. The summed E-state index contributed by atoms with van der Waals surface area (Å²) in [6.45, 7) is 0.765. The Hall–Kier alpha value is -2.17. The highest BCUT2D eigenvalue weighted by atomic mass is 16.2. The molecule has 2 heterocycles. The second kappa shape index (κ2) is 4.60. The Morgan fingerprint density at radius 2 is 2.17 bits per heavy atom. The number of carbonyl (C=O) groups excluding carboxylic acids is 1. The van der Waals surface area contributed by atoms with E-state index in [9.17, 15) is 4.79 Å². The molecule has 0 bridgehead atoms. The Bertz CT molecular complexity index is 579. The minimum Gasteiger partial charge on any atom is -0.358 e. The summed E-state index contributed by atoms with van der Waals surface area (Å²) in [5.74, 6) is 0.770. The van der Waals surface area contributed by atoms with Crippen LogP contribution in [-0.4, -0.2) is 28.5 Å². The molecule has 1 aromatic heterocycles. The van der Waals surface area contributed by atoms with E-state index in [0.717, 1.165) is 36.1 Å². The Morgan fingerprint density at radius 1 is 1.28 bits per heavy atom. The summed E-state index contributed by atoms with van der Waals surface area (Å²) in [5, 5.41) is 7.01. The highest BCUT2D eigenvalue weighted by Gasteiger charge is 2.22. The van der Waals surface area contributed by atoms with E-state index >= 15 is 0 Å². The summed E-state index contributed by atoms with van der Waals surface area (Å²) in [7, 11) is 0. The van der Waals surface area contributed by atoms with E-state index in [1.807, 2.05) is 24.3 Å². The lowest BCUT2D eigenvalue weighted by molar-refractivity contribution is -0.123. The van der Waals surface area contributed by atoms with Crippen molar-refractivity contribution < 1.29 is 4.79 Å². The number of hydrogen-bond donors (Lipinski definition) is 2. The Kier molecular flexibility index (Phi) is 2.80. The van der Waals surface area contributed by atoms with Gasteiger partial charge in [0.1, 0.15) is 18.2 Å². The maximum Gasteiger partial charge on any atom is 0.242 e. The van der Waals surface area contributed by atoms with Crippen LogP contribution in [0.3, 0.4) is 0 Å². The van der Waals surface area contributed by atoms with Gasteiger partial charge >= 0.3 is 0 Å². The number of piperidine rings is 1. The third kappa shape index (κ3) is 1.99. The number of hydrogen-bond acceptors (Lipinski definition) is 4. The Balaban J connectivity index is 1.92. The first kappa shape index (κ1) is 11.0. The van der Waals surface area contributed by atoms with Crippen molar-refractivity contribution in [2.75, 3.05) is 11.9 Å². The van der Waals surface area contributed by atoms with Crippen molar-refractivity contribution >= 4 is 22.6 Å². The summed E-state index contributed by atoms with van der Waals surface area (Å²) in [6.07, 6.45) is 3.35. The quantitative estimate of drug-likeness (QED) is 0.833. The molecule has 1 aliphatic rings. The van der Waals surface area contributed by atoms with Gasteiger partial charge in [-0.15, -0.1) is 0 Å². The van der Waals surface area contributed by atoms with Crippen molar-refractivity contribution in [2.45, 2.75) is 18.9 Å². The average molecular weight is 242 g/mol. The predicted molar refractivity (Wildman–Crippen MR) is 69.2 cm³/mol. The van der Waals surface area contributed by atoms with Crippen LogP contribution in [0.15, 0.2) is 30.6 Å². The van der Waals surface area contributed by atoms with Gasteiger partial charge in [-0.1, -0.05) is 12.1 Å². The fourth-order valence-electron chi connectivity index (χ4n) is 2.19. The molecule has 0 aliphatic carbocycles. The topological polar surface area (TPSA) is 66.9 Å². The van der Waals surface area contributed by atoms with Gasteiger partial charge in [0.15, 0.2) is 0 Å². The molecule has 0 saturated carbocycles. The van der Waals surface area contributed by atoms with E-state index in [4.69, 9.17) is 0 Å². The number of aromatic nitrogens is 2. The van der Waals surface area contributed by atoms with Crippen LogP contribution in [0, 0.1) is 0 Å². The van der Waals surface area contributed by atoms with Crippen molar-refractivity contribution in [3.63, 3.8) is 0 Å². The SMILES string of the molecule is O=C1NCCCC1Nc1ncnc2ccccc12. The van der Waals surface area contributed by atoms with Crippen molar-refractivity contribution in [1.29, 1.82) is 0 Å². The van der Waals surface area contributed by atoms with E-state index in [0.29, 0.717) is 0 Å². The molecule has 1 saturated heterocycles. The van der Waals surface area contributed by atoms with E-state index < -0.39 is 0 Å². The summed E-state index contributed by atoms with van der Waals surface area (Å²) in [6, 6.07) is 7.57. The molecule has 0 radical (unpaired) electrons. The van der Waals surface area contributed by atoms with Gasteiger partial charge < -0.3 is 10.6 Å². The zero-order chi connectivity index (χ0) is 12.4. The van der Waals surface area contributed by atoms with Crippen molar-refractivity contribution in [1.82, 2.24) is 15.3 Å². The van der Waals surface area contributed by atoms with Crippen LogP contribution in [0.25, 0.3) is 10.9 Å². The second-order valence-electron chi connectivity index (χ2n) is 4.37. The number of rotatable bonds is 2. The fraction of sp³-hybridized carbons (Fsp3) is 0.308. The minimum absolute atomic E-state index is 0.0453. The van der Waals surface area contributed by atoms with Crippen LogP contribution in [-0.2, 0) is 4.79 Å². The van der Waals surface area contributed by atoms with Gasteiger partial charge in [0.2, 0.25) is 5.91 Å². The van der Waals surface area contributed by atoms with Gasteiger partial charge in [-0.05, 0) is 25.0 Å². The van der Waals surface area contributed by atoms with Gasteiger partial charge in [-0.3, -0.25) is 4.79 Å². The average Bonchev–Trinajstić information content (AvgIpc) is 2.42. The van der Waals surface area contributed by atoms with Crippen LogP contribution in [0.1, 0.15) is 12.8 Å². The molecule has 5 heteroatoms. The number of nitrogens with zero attached hydrogens (tertiary/aromatic N) is 2. The maximum absolute atomic E-state index is 11.7. The summed E-state index contributed by atoms with van der Waals surface area (Å²) < 4.78 is 0. The number of nitrogens with one attached hydrogen (secondary N) is 2. The lowest BCUT2D eigenvalue weighted by atomic mass is 10.1. The molecular formula is C13H14N4O. The molecule has 18 heavy (non-hydrogen) atoms. The molecule has 3 rings (SSSR count). The number of para-hydroxylation sites is 1. The van der Waals surface area contributed by atoms with Crippen LogP contribution in [0.5, 0.6) is 0 Å². The van der Waals surface area contributed by atoms with E-state index in [1.165, 1.54) is 6.33 Å². The van der Waals surface area contributed by atoms with Gasteiger partial charge in [0.05, 0.1) is 5.52 Å². The molecule has 2 N–H and O–H groups in total. The molecule has 1 unspecified atom stereocenters. The predicted octanol–water partition coefficient (Wildman–Crippen LogP) is 1.32. The number of amides is 1. The number of fused-ring (bicyclic) bond motifs is 1. The highest BCUT2D eigenvalue weighted by Crippen LogP contribution is 2.20. The second-order valence-corrected chi connectivity index (χ2v) is 4.37. The zero-order valence-electron chi connectivity index (χ0n) is 9.89. The van der Waals surface area contributed by atoms with E-state index in [2.05, 4.69) is 20.6 Å². The molecule has 1 aromatic carbocycles. The highest BCUT2D eigenvalue weighted by molar-refractivity contribution is 5.92. The summed E-state index contributed by atoms with van der Waals surface area (Å²) in [4.78, 5) is 20.2. The largest absolute Gasteiger partial charge is 0.358 e. The van der Waals surface area contributed by atoms with Crippen molar-refractivity contribution in [2.24, 2.45) is 0 Å². The molecular weight excluding hydrogens is 228 g/mol. The number of anilines is 1. The molecule has 1 aliphatic heterocycles. The van der Waals surface area contributed by atoms with E-state index in [1.54, 1.807) is 0 Å². The monoisotopic (exact) mass is 242 g/mol. The van der Waals surface area contributed by atoms with Crippen LogP contribution in [0.4, 0.5) is 5.82 Å². The maximum atomic E-state index is 11.7. The van der Waals surface area contributed by atoms with Crippen LogP contribution in [0.2, 0.25) is 0 Å². The third-order valence-corrected chi connectivity index (χ3v) is 3.14. The summed E-state index contributed by atoms with van der Waals surface area (Å²) in [5.41, 5.74) is 0.881. The first-order chi connectivity index (χ1) is 8.84. The smallest absolute Gasteiger partial charge is 0.242 e. The molecule has 2 aromatic rings. The number of benzene rings is 1. The van der Waals surface area contributed by atoms with Gasteiger partial charge in [0, 0.05) is 11.9 Å². The molecule has 1 amide bonds. The molecule has 1 atom stereocenters. The fourth-order valence-corrected chi connectivity index (χ4v) is 2.19. The standard InChI is InChI=1S/C13H14N4O/c18-13-11(6-3-7-14-13)17-12-9-4-1-2-5-10(9)15-8-16-12/h1-2,4-5,8,11H,3,6-7H2,(H,14,18)(H,15,16,17). The van der Waals surface area contributed by atoms with Crippen molar-refractivity contribution in [3.05, 3.63) is 30.6 Å². The zero-order valence-corrected chi connectivity index (χ0v) is 9.89. The van der Waals surface area contributed by atoms with Crippen molar-refractivity contribution in [3.8, 4) is 0 Å². The minimum atomic E-state index is -0.197. The molecule has 92 valence electrons. The normalized spacial score (nSPS) is 19.6. The van der Waals surface area contributed by atoms with Crippen LogP contribution >= 0.6 is 0 Å². The van der Waals surface area contributed by atoms with E-state index in [-0.39, 0.29) is 11.9 Å². The first-order valence-electron chi connectivity index (χ1n) is 6.08. The van der Waals surface area contributed by atoms with Gasteiger partial charge in [-0.2, -0.15) is 0 Å². The molecule has 0 spiro atoms. The summed E-state index contributed by atoms with van der Waals surface area (Å²) >= 11 is 0. The Labute approximate surface area is 105 Å².